The van der Waals surface area contributed by atoms with E-state index in [9.17, 15) is 0 Å². The number of unbranched alkanes of at least 4 members (excludes halogenated alkanes) is 33. The number of rotatable bonds is 51. The minimum Gasteiger partial charge on any atom is -0.323 e. The zero-order chi connectivity index (χ0) is 57.2. The summed E-state index contributed by atoms with van der Waals surface area (Å²) in [7, 11) is 0. The fourth-order valence-electron chi connectivity index (χ4n) is 12.0. The van der Waals surface area contributed by atoms with Crippen molar-refractivity contribution >= 4 is 51.7 Å². The van der Waals surface area contributed by atoms with Gasteiger partial charge in [0.15, 0.2) is 17.5 Å². The van der Waals surface area contributed by atoms with Crippen molar-refractivity contribution in [2.45, 2.75) is 272 Å². The normalized spacial score (nSPS) is 12.3. The Bertz CT molecular complexity index is 2350. The van der Waals surface area contributed by atoms with Gasteiger partial charge in [0.2, 0.25) is 0 Å². The molecular weight excluding hydrogens is 1000 g/mol. The number of para-hydroxylation sites is 6. The van der Waals surface area contributed by atoms with Crippen LogP contribution in [-0.4, -0.2) is 91.5 Å². The summed E-state index contributed by atoms with van der Waals surface area (Å²) in [5, 5.41) is 0. The number of aromatic nitrogens is 6. The SMILES string of the molecule is CCCCCCCCCCCCCCn1c(C=NCCN(CCN=Cc2nc3ccccc3n2CCCCCCCCCCCCCC)CCN=Cc2nc3ccccc3n2CCCCCCCCCCCCCC)nc2ccccc21. The van der Waals surface area contributed by atoms with Gasteiger partial charge < -0.3 is 13.7 Å². The summed E-state index contributed by atoms with van der Waals surface area (Å²) in [6.07, 6.45) is 54.7. The molecule has 3 aromatic heterocycles. The molecule has 10 heteroatoms. The summed E-state index contributed by atoms with van der Waals surface area (Å²) >= 11 is 0. The molecule has 0 spiro atoms. The molecule has 0 fully saturated rings. The van der Waals surface area contributed by atoms with Crippen molar-refractivity contribution in [1.82, 2.24) is 33.6 Å². The summed E-state index contributed by atoms with van der Waals surface area (Å²) < 4.78 is 7.19. The Hall–Kier alpha value is -4.96. The maximum absolute atomic E-state index is 5.08. The number of benzene rings is 3. The highest BCUT2D eigenvalue weighted by Crippen LogP contribution is 2.22. The third-order valence-corrected chi connectivity index (χ3v) is 17.0. The van der Waals surface area contributed by atoms with Crippen LogP contribution in [-0.2, 0) is 19.6 Å². The van der Waals surface area contributed by atoms with Gasteiger partial charge in [-0.3, -0.25) is 19.9 Å². The van der Waals surface area contributed by atoms with Crippen LogP contribution in [0.4, 0.5) is 0 Å². The highest BCUT2D eigenvalue weighted by atomic mass is 15.2. The molecule has 452 valence electrons. The van der Waals surface area contributed by atoms with E-state index >= 15 is 0 Å². The fraction of sp³-hybridized carbons (Fsp3) is 0.667. The zero-order valence-corrected chi connectivity index (χ0v) is 52.5. The van der Waals surface area contributed by atoms with Crippen molar-refractivity contribution in [1.29, 1.82) is 0 Å². The number of aliphatic imine (C=N–C) groups is 3. The lowest BCUT2D eigenvalue weighted by Gasteiger charge is -2.19. The molecule has 0 aliphatic rings. The molecule has 0 atom stereocenters. The zero-order valence-electron chi connectivity index (χ0n) is 52.5. The molecule has 0 saturated carbocycles. The summed E-state index contributed by atoms with van der Waals surface area (Å²) in [6.45, 7) is 14.3. The van der Waals surface area contributed by atoms with Crippen molar-refractivity contribution in [3.63, 3.8) is 0 Å². The van der Waals surface area contributed by atoms with Crippen LogP contribution >= 0.6 is 0 Å². The van der Waals surface area contributed by atoms with E-state index in [4.69, 9.17) is 29.9 Å². The number of fused-ring (bicyclic) bond motifs is 3. The van der Waals surface area contributed by atoms with Crippen molar-refractivity contribution < 1.29 is 0 Å². The largest absolute Gasteiger partial charge is 0.323 e. The van der Waals surface area contributed by atoms with E-state index in [-0.39, 0.29) is 0 Å². The lowest BCUT2D eigenvalue weighted by molar-refractivity contribution is 0.298. The van der Waals surface area contributed by atoms with Gasteiger partial charge in [-0.2, -0.15) is 0 Å². The van der Waals surface area contributed by atoms with Gasteiger partial charge in [0, 0.05) is 39.3 Å². The molecule has 82 heavy (non-hydrogen) atoms. The molecular formula is C72H114N10. The lowest BCUT2D eigenvalue weighted by atomic mass is 10.1. The average molecular weight is 1120 g/mol. The number of aryl methyl sites for hydroxylation is 3. The van der Waals surface area contributed by atoms with E-state index in [1.165, 1.54) is 248 Å². The molecule has 0 radical (unpaired) electrons. The van der Waals surface area contributed by atoms with Gasteiger partial charge in [0.05, 0.1) is 71.4 Å². The molecule has 3 aromatic carbocycles. The van der Waals surface area contributed by atoms with Gasteiger partial charge in [0.1, 0.15) is 0 Å². The predicted octanol–water partition coefficient (Wildman–Crippen LogP) is 19.8. The summed E-state index contributed by atoms with van der Waals surface area (Å²) in [5.74, 6) is 2.88. The second-order valence-corrected chi connectivity index (χ2v) is 23.9. The molecule has 10 nitrogen and oxygen atoms in total. The average Bonchev–Trinajstić information content (AvgIpc) is 4.19. The van der Waals surface area contributed by atoms with Crippen LogP contribution in [0, 0.1) is 0 Å². The van der Waals surface area contributed by atoms with E-state index in [0.717, 1.165) is 73.3 Å². The number of nitrogens with zero attached hydrogens (tertiary/aromatic N) is 10. The molecule has 0 unspecified atom stereocenters. The van der Waals surface area contributed by atoms with Gasteiger partial charge >= 0.3 is 0 Å². The van der Waals surface area contributed by atoms with E-state index in [2.05, 4.69) is 112 Å². The molecule has 0 amide bonds. The van der Waals surface area contributed by atoms with E-state index in [1.807, 2.05) is 18.6 Å². The Morgan fingerprint density at radius 3 is 0.768 bits per heavy atom. The second kappa shape index (κ2) is 42.8. The first-order valence-electron chi connectivity index (χ1n) is 34.3. The molecule has 0 aliphatic heterocycles. The first kappa shape index (κ1) is 66.2. The van der Waals surface area contributed by atoms with Crippen LogP contribution in [0.5, 0.6) is 0 Å². The van der Waals surface area contributed by atoms with Crippen molar-refractivity contribution in [3.05, 3.63) is 90.3 Å². The van der Waals surface area contributed by atoms with Gasteiger partial charge in [-0.25, -0.2) is 15.0 Å². The highest BCUT2D eigenvalue weighted by Gasteiger charge is 2.13. The Balaban J connectivity index is 1.04. The molecule has 3 heterocycles. The Kier molecular flexibility index (Phi) is 34.5. The van der Waals surface area contributed by atoms with Crippen LogP contribution in [0.2, 0.25) is 0 Å². The third kappa shape index (κ3) is 25.5. The van der Waals surface area contributed by atoms with Gasteiger partial charge in [-0.1, -0.05) is 269 Å². The van der Waals surface area contributed by atoms with E-state index in [1.54, 1.807) is 0 Å². The molecule has 6 aromatic rings. The number of hydrogen-bond donors (Lipinski definition) is 0. The van der Waals surface area contributed by atoms with Gasteiger partial charge in [0.25, 0.3) is 0 Å². The first-order valence-corrected chi connectivity index (χ1v) is 34.3. The molecule has 0 aliphatic carbocycles. The quantitative estimate of drug-likeness (QED) is 0.0281. The van der Waals surface area contributed by atoms with Crippen LogP contribution in [0.3, 0.4) is 0 Å². The summed E-state index contributed by atoms with van der Waals surface area (Å²) in [6, 6.07) is 25.7. The standard InChI is InChI=1S/C72H114N10/c1-4-7-10-13-16-19-22-25-28-31-34-43-55-80-67-49-40-37-46-64(67)76-70(80)61-73-52-58-79(59-53-74-62-71-77-65-47-38-41-50-68(65)81(71)56-44-35-32-29-26-23-20-17-14-11-8-5-2)60-54-75-63-72-78-66-48-39-42-51-69(66)82(72)57-45-36-33-30-27-24-21-18-15-12-9-6-3/h37-42,46-51,61-63H,4-36,43-45,52-60H2,1-3H3. The maximum Gasteiger partial charge on any atom is 0.151 e. The molecule has 0 N–H and O–H groups in total. The molecule has 0 saturated heterocycles. The van der Waals surface area contributed by atoms with Crippen molar-refractivity contribution in [3.8, 4) is 0 Å². The van der Waals surface area contributed by atoms with Crippen LogP contribution in [0.1, 0.15) is 269 Å². The van der Waals surface area contributed by atoms with E-state index in [0.29, 0.717) is 19.6 Å². The Morgan fingerprint density at radius 2 is 0.524 bits per heavy atom. The van der Waals surface area contributed by atoms with Crippen LogP contribution < -0.4 is 0 Å². The second-order valence-electron chi connectivity index (χ2n) is 23.9. The number of hydrogen-bond acceptors (Lipinski definition) is 7. The minimum atomic E-state index is 0.679. The molecule has 6 rings (SSSR count). The van der Waals surface area contributed by atoms with Crippen molar-refractivity contribution in [2.24, 2.45) is 15.0 Å². The van der Waals surface area contributed by atoms with Gasteiger partial charge in [-0.15, -0.1) is 0 Å². The predicted molar refractivity (Wildman–Crippen MR) is 356 cm³/mol. The Morgan fingerprint density at radius 1 is 0.305 bits per heavy atom. The summed E-state index contributed by atoms with van der Waals surface area (Å²) in [5.41, 5.74) is 6.75. The van der Waals surface area contributed by atoms with Crippen LogP contribution in [0.25, 0.3) is 33.1 Å². The molecule has 0 bridgehead atoms. The number of imidazole rings is 3. The highest BCUT2D eigenvalue weighted by molar-refractivity contribution is 5.86. The van der Waals surface area contributed by atoms with Crippen molar-refractivity contribution in [2.75, 3.05) is 39.3 Å². The fourth-order valence-corrected chi connectivity index (χ4v) is 12.0. The Labute approximate surface area is 499 Å². The van der Waals surface area contributed by atoms with Crippen LogP contribution in [0.15, 0.2) is 87.8 Å². The topological polar surface area (TPSA) is 93.8 Å². The third-order valence-electron chi connectivity index (χ3n) is 17.0. The first-order chi connectivity index (χ1) is 40.7. The smallest absolute Gasteiger partial charge is 0.151 e. The summed E-state index contributed by atoms with van der Waals surface area (Å²) in [4.78, 5) is 32.9. The lowest BCUT2D eigenvalue weighted by Crippen LogP contribution is -2.31. The maximum atomic E-state index is 5.08. The minimum absolute atomic E-state index is 0.679. The van der Waals surface area contributed by atoms with Gasteiger partial charge in [-0.05, 0) is 55.7 Å². The monoisotopic (exact) mass is 1120 g/mol. The van der Waals surface area contributed by atoms with E-state index < -0.39 is 0 Å².